The van der Waals surface area contributed by atoms with Crippen molar-refractivity contribution in [3.63, 3.8) is 0 Å². The van der Waals surface area contributed by atoms with Crippen molar-refractivity contribution in [1.29, 1.82) is 0 Å². The highest BCUT2D eigenvalue weighted by Crippen LogP contribution is 2.24. The molecule has 0 radical (unpaired) electrons. The first-order chi connectivity index (χ1) is 11.3. The molecule has 0 fully saturated rings. The van der Waals surface area contributed by atoms with Crippen LogP contribution in [-0.2, 0) is 13.0 Å². The van der Waals surface area contributed by atoms with E-state index >= 15 is 0 Å². The van der Waals surface area contributed by atoms with Crippen molar-refractivity contribution in [2.45, 2.75) is 13.0 Å². The normalized spacial score (nSPS) is 13.7. The lowest BCUT2D eigenvalue weighted by molar-refractivity contribution is 0.628. The summed E-state index contributed by atoms with van der Waals surface area (Å²) in [6.07, 6.45) is 1.03. The summed E-state index contributed by atoms with van der Waals surface area (Å²) in [6.45, 7) is 1.81. The lowest BCUT2D eigenvalue weighted by Crippen LogP contribution is -2.31. The first-order valence-electron chi connectivity index (χ1n) is 7.71. The minimum absolute atomic E-state index is 0.245. The smallest absolute Gasteiger partial charge is 0.151 e. The van der Waals surface area contributed by atoms with Gasteiger partial charge in [0.2, 0.25) is 0 Å². The van der Waals surface area contributed by atoms with Crippen LogP contribution >= 0.6 is 0 Å². The van der Waals surface area contributed by atoms with Crippen molar-refractivity contribution in [3.05, 3.63) is 77.6 Å². The Morgan fingerprint density at radius 1 is 0.826 bits per heavy atom. The Kier molecular flexibility index (Phi) is 3.50. The Morgan fingerprint density at radius 3 is 2.35 bits per heavy atom. The number of hydrogen-bond donors (Lipinski definition) is 0. The van der Waals surface area contributed by atoms with E-state index in [-0.39, 0.29) is 5.82 Å². The second-order valence-corrected chi connectivity index (χ2v) is 5.72. The molecule has 3 aromatic rings. The molecule has 0 aliphatic carbocycles. The highest BCUT2D eigenvalue weighted by atomic mass is 19.1. The van der Waals surface area contributed by atoms with E-state index in [0.717, 1.165) is 36.6 Å². The van der Waals surface area contributed by atoms with Gasteiger partial charge in [-0.25, -0.2) is 4.39 Å². The van der Waals surface area contributed by atoms with E-state index in [9.17, 15) is 4.39 Å². The molecule has 0 spiro atoms. The van der Waals surface area contributed by atoms with Gasteiger partial charge in [-0.1, -0.05) is 24.3 Å². The monoisotopic (exact) mass is 305 g/mol. The zero-order valence-corrected chi connectivity index (χ0v) is 12.6. The Balaban J connectivity index is 1.56. The highest BCUT2D eigenvalue weighted by molar-refractivity contribution is 5.59. The van der Waals surface area contributed by atoms with Gasteiger partial charge in [-0.05, 0) is 53.9 Å². The van der Waals surface area contributed by atoms with Gasteiger partial charge in [0.05, 0.1) is 5.69 Å². The minimum atomic E-state index is -0.245. The van der Waals surface area contributed by atoms with Crippen LogP contribution < -0.4 is 4.90 Å². The standard InChI is InChI=1S/C19H16FN3/c20-17-7-5-15(6-8-17)18-9-10-19(22-21-18)23-12-11-14-3-1-2-4-16(14)13-23/h1-10H,11-13H2. The first kappa shape index (κ1) is 13.9. The maximum Gasteiger partial charge on any atom is 0.151 e. The highest BCUT2D eigenvalue weighted by Gasteiger charge is 2.17. The molecular formula is C19H16FN3. The molecule has 0 saturated heterocycles. The SMILES string of the molecule is Fc1ccc(-c2ccc(N3CCc4ccccc4C3)nn2)cc1. The number of halogens is 1. The lowest BCUT2D eigenvalue weighted by atomic mass is 10.00. The molecule has 1 aliphatic rings. The largest absolute Gasteiger partial charge is 0.350 e. The summed E-state index contributed by atoms with van der Waals surface area (Å²) in [5, 5.41) is 8.65. The number of aromatic nitrogens is 2. The van der Waals surface area contributed by atoms with Crippen molar-refractivity contribution in [2.24, 2.45) is 0 Å². The first-order valence-corrected chi connectivity index (χ1v) is 7.71. The van der Waals surface area contributed by atoms with E-state index in [1.807, 2.05) is 12.1 Å². The summed E-state index contributed by atoms with van der Waals surface area (Å²) < 4.78 is 13.0. The third-order valence-electron chi connectivity index (χ3n) is 4.25. The quantitative estimate of drug-likeness (QED) is 0.720. The predicted octanol–water partition coefficient (Wildman–Crippen LogP) is 3.85. The number of benzene rings is 2. The molecule has 114 valence electrons. The molecule has 1 aromatic heterocycles. The number of fused-ring (bicyclic) bond motifs is 1. The predicted molar refractivity (Wildman–Crippen MR) is 88.6 cm³/mol. The molecule has 4 rings (SSSR count). The van der Waals surface area contributed by atoms with E-state index in [0.29, 0.717) is 0 Å². The van der Waals surface area contributed by atoms with Gasteiger partial charge in [0.25, 0.3) is 0 Å². The maximum absolute atomic E-state index is 13.0. The van der Waals surface area contributed by atoms with E-state index in [1.54, 1.807) is 12.1 Å². The van der Waals surface area contributed by atoms with Crippen LogP contribution in [0, 0.1) is 5.82 Å². The molecule has 0 atom stereocenters. The Hall–Kier alpha value is -2.75. The topological polar surface area (TPSA) is 29.0 Å². The zero-order chi connectivity index (χ0) is 15.6. The summed E-state index contributed by atoms with van der Waals surface area (Å²) in [5.41, 5.74) is 4.39. The van der Waals surface area contributed by atoms with Gasteiger partial charge in [0, 0.05) is 18.7 Å². The van der Waals surface area contributed by atoms with Crippen LogP contribution in [0.25, 0.3) is 11.3 Å². The van der Waals surface area contributed by atoms with Crippen molar-refractivity contribution >= 4 is 5.82 Å². The van der Waals surface area contributed by atoms with Crippen LogP contribution in [0.5, 0.6) is 0 Å². The van der Waals surface area contributed by atoms with Gasteiger partial charge in [-0.2, -0.15) is 0 Å². The van der Waals surface area contributed by atoms with Gasteiger partial charge < -0.3 is 4.90 Å². The van der Waals surface area contributed by atoms with Crippen LogP contribution in [0.4, 0.5) is 10.2 Å². The van der Waals surface area contributed by atoms with E-state index in [2.05, 4.69) is 39.4 Å². The molecule has 0 saturated carbocycles. The maximum atomic E-state index is 13.0. The summed E-state index contributed by atoms with van der Waals surface area (Å²) in [5.74, 6) is 0.635. The summed E-state index contributed by atoms with van der Waals surface area (Å²) in [4.78, 5) is 2.24. The molecule has 23 heavy (non-hydrogen) atoms. The molecular weight excluding hydrogens is 289 g/mol. The molecule has 1 aliphatic heterocycles. The number of hydrogen-bond acceptors (Lipinski definition) is 3. The minimum Gasteiger partial charge on any atom is -0.350 e. The van der Waals surface area contributed by atoms with E-state index in [1.165, 1.54) is 23.3 Å². The molecule has 0 unspecified atom stereocenters. The Labute approximate surface area is 134 Å². The van der Waals surface area contributed by atoms with E-state index in [4.69, 9.17) is 0 Å². The van der Waals surface area contributed by atoms with Gasteiger partial charge in [0.15, 0.2) is 5.82 Å². The van der Waals surface area contributed by atoms with Crippen molar-refractivity contribution in [3.8, 4) is 11.3 Å². The fourth-order valence-electron chi connectivity index (χ4n) is 2.96. The van der Waals surface area contributed by atoms with Gasteiger partial charge in [-0.3, -0.25) is 0 Å². The van der Waals surface area contributed by atoms with Crippen molar-refractivity contribution in [2.75, 3.05) is 11.4 Å². The summed E-state index contributed by atoms with van der Waals surface area (Å²) in [6, 6.07) is 18.8. The van der Waals surface area contributed by atoms with Crippen LogP contribution in [0.2, 0.25) is 0 Å². The molecule has 2 heterocycles. The fourth-order valence-corrected chi connectivity index (χ4v) is 2.96. The number of anilines is 1. The van der Waals surface area contributed by atoms with Crippen LogP contribution in [-0.4, -0.2) is 16.7 Å². The average Bonchev–Trinajstić information content (AvgIpc) is 2.62. The molecule has 2 aromatic carbocycles. The third kappa shape index (κ3) is 2.80. The second kappa shape index (κ2) is 5.80. The second-order valence-electron chi connectivity index (χ2n) is 5.72. The van der Waals surface area contributed by atoms with Gasteiger partial charge in [-0.15, -0.1) is 10.2 Å². The molecule has 0 bridgehead atoms. The average molecular weight is 305 g/mol. The molecule has 0 amide bonds. The third-order valence-corrected chi connectivity index (χ3v) is 4.25. The van der Waals surface area contributed by atoms with Crippen molar-refractivity contribution in [1.82, 2.24) is 10.2 Å². The van der Waals surface area contributed by atoms with Crippen LogP contribution in [0.3, 0.4) is 0 Å². The molecule has 0 N–H and O–H groups in total. The molecule has 4 heteroatoms. The Morgan fingerprint density at radius 2 is 1.61 bits per heavy atom. The lowest BCUT2D eigenvalue weighted by Gasteiger charge is -2.29. The number of nitrogens with zero attached hydrogens (tertiary/aromatic N) is 3. The molecule has 3 nitrogen and oxygen atoms in total. The fraction of sp³-hybridized carbons (Fsp3) is 0.158. The van der Waals surface area contributed by atoms with Crippen LogP contribution in [0.1, 0.15) is 11.1 Å². The number of rotatable bonds is 2. The summed E-state index contributed by atoms with van der Waals surface area (Å²) >= 11 is 0. The Bertz CT molecular complexity index is 813. The van der Waals surface area contributed by atoms with Gasteiger partial charge >= 0.3 is 0 Å². The summed E-state index contributed by atoms with van der Waals surface area (Å²) in [7, 11) is 0. The van der Waals surface area contributed by atoms with Crippen molar-refractivity contribution < 1.29 is 4.39 Å². The van der Waals surface area contributed by atoms with Gasteiger partial charge in [0.1, 0.15) is 5.82 Å². The van der Waals surface area contributed by atoms with Crippen LogP contribution in [0.15, 0.2) is 60.7 Å². The zero-order valence-electron chi connectivity index (χ0n) is 12.6. The van der Waals surface area contributed by atoms with E-state index < -0.39 is 0 Å².